The maximum atomic E-state index is 11.0. The Morgan fingerprint density at radius 1 is 1.38 bits per heavy atom. The fourth-order valence-electron chi connectivity index (χ4n) is 0.867. The highest BCUT2D eigenvalue weighted by Crippen LogP contribution is 2.02. The van der Waals surface area contributed by atoms with Crippen molar-refractivity contribution in [1.82, 2.24) is 4.90 Å². The summed E-state index contributed by atoms with van der Waals surface area (Å²) in [5, 5.41) is 0. The van der Waals surface area contributed by atoms with Crippen molar-refractivity contribution in [2.45, 2.75) is 6.92 Å². The second-order valence-electron chi connectivity index (χ2n) is 2.51. The molecule has 0 aromatic heterocycles. The molecule has 0 radical (unpaired) electrons. The quantitative estimate of drug-likeness (QED) is 0.359. The molecule has 0 unspecified atom stereocenters. The zero-order chi connectivity index (χ0) is 9.68. The summed E-state index contributed by atoms with van der Waals surface area (Å²) >= 11 is 0. The smallest absolute Gasteiger partial charge is 0.255 e. The predicted octanol–water partition coefficient (Wildman–Crippen LogP) is 0.462. The summed E-state index contributed by atoms with van der Waals surface area (Å²) in [7, 11) is 0. The lowest BCUT2D eigenvalue weighted by Gasteiger charge is -2.12. The number of carbonyl (C=O) groups is 2. The molecule has 70 valence electrons. The van der Waals surface area contributed by atoms with Crippen molar-refractivity contribution < 1.29 is 14.3 Å². The Morgan fingerprint density at radius 2 is 2.00 bits per heavy atom. The van der Waals surface area contributed by atoms with Crippen LogP contribution in [0.3, 0.4) is 0 Å². The van der Waals surface area contributed by atoms with E-state index in [4.69, 9.17) is 4.74 Å². The molecule has 1 rings (SSSR count). The molecule has 0 bridgehead atoms. The van der Waals surface area contributed by atoms with E-state index in [1.165, 1.54) is 12.2 Å². The van der Waals surface area contributed by atoms with E-state index in [9.17, 15) is 9.59 Å². The molecular weight excluding hydrogens is 170 g/mol. The van der Waals surface area contributed by atoms with Gasteiger partial charge < -0.3 is 4.74 Å². The van der Waals surface area contributed by atoms with Crippen molar-refractivity contribution in [1.29, 1.82) is 0 Å². The van der Waals surface area contributed by atoms with Crippen LogP contribution in [0, 0.1) is 0 Å². The molecule has 0 aromatic rings. The van der Waals surface area contributed by atoms with Gasteiger partial charge in [0, 0.05) is 12.2 Å². The number of imide groups is 1. The lowest BCUT2D eigenvalue weighted by molar-refractivity contribution is -0.142. The number of ether oxygens (including phenoxy) is 1. The molecule has 0 atom stereocenters. The third kappa shape index (κ3) is 2.52. The van der Waals surface area contributed by atoms with Crippen molar-refractivity contribution in [3.05, 3.63) is 24.3 Å². The van der Waals surface area contributed by atoms with Gasteiger partial charge in [-0.1, -0.05) is 12.2 Å². The molecule has 13 heavy (non-hydrogen) atoms. The number of hydrogen-bond donors (Lipinski definition) is 0. The van der Waals surface area contributed by atoms with E-state index in [1.54, 1.807) is 6.08 Å². The van der Waals surface area contributed by atoms with Crippen LogP contribution in [0.4, 0.5) is 0 Å². The van der Waals surface area contributed by atoms with Gasteiger partial charge in [-0.2, -0.15) is 0 Å². The Balaban J connectivity index is 2.29. The predicted molar refractivity (Wildman–Crippen MR) is 46.6 cm³/mol. The van der Waals surface area contributed by atoms with E-state index in [0.29, 0.717) is 6.61 Å². The van der Waals surface area contributed by atoms with Crippen LogP contribution in [0.5, 0.6) is 0 Å². The summed E-state index contributed by atoms with van der Waals surface area (Å²) in [5.74, 6) is -0.629. The molecule has 0 aliphatic carbocycles. The van der Waals surface area contributed by atoms with Gasteiger partial charge in [0.1, 0.15) is 6.73 Å². The minimum atomic E-state index is -0.314. The summed E-state index contributed by atoms with van der Waals surface area (Å²) in [5.41, 5.74) is 0. The molecule has 0 fully saturated rings. The zero-order valence-electron chi connectivity index (χ0n) is 7.40. The van der Waals surface area contributed by atoms with Crippen LogP contribution in [0.1, 0.15) is 6.92 Å². The molecule has 1 aliphatic rings. The molecule has 4 nitrogen and oxygen atoms in total. The first-order valence-corrected chi connectivity index (χ1v) is 3.98. The highest BCUT2D eigenvalue weighted by Gasteiger charge is 2.22. The van der Waals surface area contributed by atoms with Crippen LogP contribution in [0.25, 0.3) is 0 Å². The van der Waals surface area contributed by atoms with Crippen LogP contribution in [0.15, 0.2) is 24.3 Å². The van der Waals surface area contributed by atoms with Crippen LogP contribution < -0.4 is 0 Å². The molecule has 0 N–H and O–H groups in total. The molecule has 0 saturated carbocycles. The lowest BCUT2D eigenvalue weighted by atomic mass is 10.5. The Bertz CT molecular complexity index is 250. The molecule has 0 spiro atoms. The Kier molecular flexibility index (Phi) is 3.40. The van der Waals surface area contributed by atoms with Crippen LogP contribution >= 0.6 is 0 Å². The van der Waals surface area contributed by atoms with Gasteiger partial charge >= 0.3 is 0 Å². The van der Waals surface area contributed by atoms with Crippen molar-refractivity contribution in [2.75, 3.05) is 13.3 Å². The van der Waals surface area contributed by atoms with Gasteiger partial charge in [-0.05, 0) is 6.92 Å². The van der Waals surface area contributed by atoms with E-state index in [1.807, 2.05) is 13.0 Å². The van der Waals surface area contributed by atoms with Crippen LogP contribution in [0.2, 0.25) is 0 Å². The first kappa shape index (κ1) is 9.67. The Morgan fingerprint density at radius 3 is 2.54 bits per heavy atom. The van der Waals surface area contributed by atoms with Crippen molar-refractivity contribution in [2.24, 2.45) is 0 Å². The fraction of sp³-hybridized carbons (Fsp3) is 0.333. The molecule has 1 heterocycles. The molecule has 4 heteroatoms. The third-order valence-corrected chi connectivity index (χ3v) is 1.57. The van der Waals surface area contributed by atoms with Gasteiger partial charge in [-0.15, -0.1) is 0 Å². The topological polar surface area (TPSA) is 46.6 Å². The summed E-state index contributed by atoms with van der Waals surface area (Å²) in [4.78, 5) is 23.0. The average Bonchev–Trinajstić information content (AvgIpc) is 2.42. The summed E-state index contributed by atoms with van der Waals surface area (Å²) in [6.45, 7) is 2.31. The van der Waals surface area contributed by atoms with Gasteiger partial charge in [-0.3, -0.25) is 14.5 Å². The van der Waals surface area contributed by atoms with Gasteiger partial charge in [-0.25, -0.2) is 0 Å². The van der Waals surface area contributed by atoms with Crippen LogP contribution in [-0.2, 0) is 14.3 Å². The van der Waals surface area contributed by atoms with Crippen molar-refractivity contribution in [3.8, 4) is 0 Å². The van der Waals surface area contributed by atoms with Crippen molar-refractivity contribution >= 4 is 11.8 Å². The maximum Gasteiger partial charge on any atom is 0.255 e. The SMILES string of the molecule is C/C=C/COCN1C(=O)C=CC1=O. The Labute approximate surface area is 76.5 Å². The first-order valence-electron chi connectivity index (χ1n) is 3.98. The second-order valence-corrected chi connectivity index (χ2v) is 2.51. The number of hydrogen-bond acceptors (Lipinski definition) is 3. The van der Waals surface area contributed by atoms with Crippen LogP contribution in [-0.4, -0.2) is 30.1 Å². The molecule has 0 aromatic carbocycles. The summed E-state index contributed by atoms with van der Waals surface area (Å²) < 4.78 is 5.06. The monoisotopic (exact) mass is 181 g/mol. The highest BCUT2D eigenvalue weighted by molar-refractivity contribution is 6.12. The minimum Gasteiger partial charge on any atom is -0.356 e. The number of allylic oxidation sites excluding steroid dienone is 1. The van der Waals surface area contributed by atoms with E-state index in [0.717, 1.165) is 4.90 Å². The maximum absolute atomic E-state index is 11.0. The molecule has 1 aliphatic heterocycles. The number of rotatable bonds is 4. The molecule has 2 amide bonds. The average molecular weight is 181 g/mol. The van der Waals surface area contributed by atoms with E-state index < -0.39 is 0 Å². The van der Waals surface area contributed by atoms with Gasteiger partial charge in [0.15, 0.2) is 0 Å². The summed E-state index contributed by atoms with van der Waals surface area (Å²) in [6.07, 6.45) is 6.12. The number of nitrogens with zero attached hydrogens (tertiary/aromatic N) is 1. The third-order valence-electron chi connectivity index (χ3n) is 1.57. The fourth-order valence-corrected chi connectivity index (χ4v) is 0.867. The van der Waals surface area contributed by atoms with Gasteiger partial charge in [0.2, 0.25) is 0 Å². The zero-order valence-corrected chi connectivity index (χ0v) is 7.40. The number of amides is 2. The largest absolute Gasteiger partial charge is 0.356 e. The standard InChI is InChI=1S/C9H11NO3/c1-2-3-6-13-7-10-8(11)4-5-9(10)12/h2-5H,6-7H2,1H3/b3-2+. The van der Waals surface area contributed by atoms with E-state index in [-0.39, 0.29) is 18.5 Å². The molecular formula is C9H11NO3. The second kappa shape index (κ2) is 4.57. The van der Waals surface area contributed by atoms with Gasteiger partial charge in [0.05, 0.1) is 6.61 Å². The Hall–Kier alpha value is -1.42. The van der Waals surface area contributed by atoms with E-state index in [2.05, 4.69) is 0 Å². The van der Waals surface area contributed by atoms with Crippen molar-refractivity contribution in [3.63, 3.8) is 0 Å². The highest BCUT2D eigenvalue weighted by atomic mass is 16.5. The normalized spacial score (nSPS) is 16.5. The van der Waals surface area contributed by atoms with Gasteiger partial charge in [0.25, 0.3) is 11.8 Å². The van der Waals surface area contributed by atoms with E-state index >= 15 is 0 Å². The molecule has 0 saturated heterocycles. The summed E-state index contributed by atoms with van der Waals surface area (Å²) in [6, 6.07) is 0. The lowest BCUT2D eigenvalue weighted by Crippen LogP contribution is -2.32. The minimum absolute atomic E-state index is 0.0228. The number of carbonyl (C=O) groups excluding carboxylic acids is 2. The first-order chi connectivity index (χ1) is 6.25.